The van der Waals surface area contributed by atoms with Crippen LogP contribution in [-0.2, 0) is 5.41 Å². The number of hydrogen-bond acceptors (Lipinski definition) is 4. The highest BCUT2D eigenvalue weighted by molar-refractivity contribution is 5.91. The van der Waals surface area contributed by atoms with E-state index < -0.39 is 0 Å². The van der Waals surface area contributed by atoms with E-state index in [4.69, 9.17) is 9.97 Å². The molecule has 0 radical (unpaired) electrons. The highest BCUT2D eigenvalue weighted by Gasteiger charge is 2.76. The molecule has 4 heteroatoms. The number of hydrogen-bond donors (Lipinski definition) is 0. The molecule has 0 spiro atoms. The SMILES string of the molecule is C=C1C2(C)c3ccc(-c4cc(C)cc(C)c4)cc3N3c4nccnc4N(c4ccccc4)C3C12C. The minimum atomic E-state index is -0.139. The van der Waals surface area contributed by atoms with Crippen LogP contribution in [0.4, 0.5) is 23.0 Å². The van der Waals surface area contributed by atoms with Crippen LogP contribution in [0.5, 0.6) is 0 Å². The number of nitrogens with zero attached hydrogens (tertiary/aromatic N) is 4. The zero-order valence-electron chi connectivity index (χ0n) is 20.6. The first-order valence-electron chi connectivity index (χ1n) is 12.2. The Bertz CT molecular complexity index is 1520. The van der Waals surface area contributed by atoms with Crippen LogP contribution < -0.4 is 9.80 Å². The predicted molar refractivity (Wildman–Crippen MR) is 142 cm³/mol. The van der Waals surface area contributed by atoms with Crippen LogP contribution in [0, 0.1) is 19.3 Å². The van der Waals surface area contributed by atoms with Crippen molar-refractivity contribution < 1.29 is 0 Å². The van der Waals surface area contributed by atoms with Gasteiger partial charge in [0.2, 0.25) is 0 Å². The second-order valence-corrected chi connectivity index (χ2v) is 10.6. The largest absolute Gasteiger partial charge is 0.301 e. The average molecular weight is 457 g/mol. The van der Waals surface area contributed by atoms with E-state index in [1.807, 2.05) is 0 Å². The number of rotatable bonds is 2. The lowest BCUT2D eigenvalue weighted by Crippen LogP contribution is -2.50. The topological polar surface area (TPSA) is 32.3 Å². The van der Waals surface area contributed by atoms with Gasteiger partial charge in [-0.05, 0) is 48.7 Å². The third-order valence-electron chi connectivity index (χ3n) is 8.71. The van der Waals surface area contributed by atoms with E-state index in [1.165, 1.54) is 39.1 Å². The van der Waals surface area contributed by atoms with Crippen LogP contribution in [0.25, 0.3) is 11.1 Å². The molecule has 3 heterocycles. The van der Waals surface area contributed by atoms with Crippen molar-refractivity contribution in [2.24, 2.45) is 5.41 Å². The second kappa shape index (κ2) is 6.60. The summed E-state index contributed by atoms with van der Waals surface area (Å²) >= 11 is 0. The summed E-state index contributed by atoms with van der Waals surface area (Å²) < 4.78 is 0. The van der Waals surface area contributed by atoms with Crippen molar-refractivity contribution in [3.8, 4) is 11.1 Å². The minimum absolute atomic E-state index is 0.0156. The molecule has 3 aromatic carbocycles. The van der Waals surface area contributed by atoms with Crippen LogP contribution in [0.15, 0.2) is 91.3 Å². The Kier molecular flexibility index (Phi) is 3.86. The molecule has 3 atom stereocenters. The molecule has 1 aliphatic carbocycles. The van der Waals surface area contributed by atoms with E-state index in [0.717, 1.165) is 17.3 Å². The number of aromatic nitrogens is 2. The molecule has 1 fully saturated rings. The Labute approximate surface area is 206 Å². The van der Waals surface area contributed by atoms with Crippen molar-refractivity contribution in [1.29, 1.82) is 0 Å². The van der Waals surface area contributed by atoms with Gasteiger partial charge in [0.05, 0.1) is 0 Å². The lowest BCUT2D eigenvalue weighted by Gasteiger charge is -2.43. The summed E-state index contributed by atoms with van der Waals surface area (Å²) in [6.45, 7) is 13.7. The Morgan fingerprint density at radius 2 is 1.43 bits per heavy atom. The molecule has 7 rings (SSSR count). The number of para-hydroxylation sites is 1. The quantitative estimate of drug-likeness (QED) is 0.298. The van der Waals surface area contributed by atoms with Gasteiger partial charge < -0.3 is 9.80 Å². The maximum atomic E-state index is 4.87. The first-order valence-corrected chi connectivity index (χ1v) is 12.2. The third kappa shape index (κ3) is 2.42. The molecule has 1 saturated carbocycles. The van der Waals surface area contributed by atoms with Crippen LogP contribution in [0.1, 0.15) is 30.5 Å². The zero-order chi connectivity index (χ0) is 24.1. The maximum Gasteiger partial charge on any atom is 0.178 e. The lowest BCUT2D eigenvalue weighted by molar-refractivity contribution is 0.376. The highest BCUT2D eigenvalue weighted by atomic mass is 15.5. The number of aryl methyl sites for hydroxylation is 2. The monoisotopic (exact) mass is 456 g/mol. The van der Waals surface area contributed by atoms with Crippen LogP contribution in [0.3, 0.4) is 0 Å². The second-order valence-electron chi connectivity index (χ2n) is 10.6. The van der Waals surface area contributed by atoms with E-state index in [1.54, 1.807) is 12.4 Å². The van der Waals surface area contributed by atoms with Crippen molar-refractivity contribution in [3.63, 3.8) is 0 Å². The van der Waals surface area contributed by atoms with E-state index in [-0.39, 0.29) is 17.0 Å². The Balaban J connectivity index is 1.50. The van der Waals surface area contributed by atoms with Gasteiger partial charge in [0.1, 0.15) is 6.17 Å². The summed E-state index contributed by atoms with van der Waals surface area (Å²) in [6.07, 6.45) is 3.61. The predicted octanol–water partition coefficient (Wildman–Crippen LogP) is 7.22. The van der Waals surface area contributed by atoms with Crippen LogP contribution in [0.2, 0.25) is 0 Å². The van der Waals surface area contributed by atoms with Crippen molar-refractivity contribution in [3.05, 3.63) is 108 Å². The molecule has 1 aromatic heterocycles. The Morgan fingerprint density at radius 1 is 0.771 bits per heavy atom. The van der Waals surface area contributed by atoms with Gasteiger partial charge in [-0.3, -0.25) is 0 Å². The molecule has 3 unspecified atom stereocenters. The van der Waals surface area contributed by atoms with E-state index in [2.05, 4.69) is 111 Å². The van der Waals surface area contributed by atoms with Gasteiger partial charge in [0.25, 0.3) is 0 Å². The van der Waals surface area contributed by atoms with Gasteiger partial charge in [-0.2, -0.15) is 0 Å². The van der Waals surface area contributed by atoms with Crippen molar-refractivity contribution in [2.75, 3.05) is 9.80 Å². The third-order valence-corrected chi connectivity index (χ3v) is 8.71. The summed E-state index contributed by atoms with van der Waals surface area (Å²) in [7, 11) is 0. The average Bonchev–Trinajstić information content (AvgIpc) is 3.15. The zero-order valence-corrected chi connectivity index (χ0v) is 20.6. The van der Waals surface area contributed by atoms with Gasteiger partial charge in [0.15, 0.2) is 11.6 Å². The smallest absolute Gasteiger partial charge is 0.178 e. The van der Waals surface area contributed by atoms with Gasteiger partial charge in [-0.1, -0.05) is 85.7 Å². The molecule has 2 aliphatic heterocycles. The molecule has 0 bridgehead atoms. The lowest BCUT2D eigenvalue weighted by atomic mass is 9.80. The molecular weight excluding hydrogens is 428 g/mol. The summed E-state index contributed by atoms with van der Waals surface area (Å²) in [6, 6.07) is 24.3. The Hall–Kier alpha value is -3.92. The molecule has 172 valence electrons. The molecule has 4 nitrogen and oxygen atoms in total. The Morgan fingerprint density at radius 3 is 2.11 bits per heavy atom. The fourth-order valence-electron chi connectivity index (χ4n) is 6.76. The van der Waals surface area contributed by atoms with E-state index >= 15 is 0 Å². The molecule has 35 heavy (non-hydrogen) atoms. The van der Waals surface area contributed by atoms with Crippen molar-refractivity contribution in [1.82, 2.24) is 9.97 Å². The maximum absolute atomic E-state index is 4.87. The fourth-order valence-corrected chi connectivity index (χ4v) is 6.76. The molecular formula is C31H28N4. The first kappa shape index (κ1) is 20.5. The van der Waals surface area contributed by atoms with Gasteiger partial charge in [0, 0.05) is 34.6 Å². The van der Waals surface area contributed by atoms with E-state index in [0.29, 0.717) is 0 Å². The van der Waals surface area contributed by atoms with Gasteiger partial charge in [-0.25, -0.2) is 9.97 Å². The van der Waals surface area contributed by atoms with E-state index in [9.17, 15) is 0 Å². The fraction of sp³-hybridized carbons (Fsp3) is 0.226. The number of anilines is 4. The van der Waals surface area contributed by atoms with Crippen LogP contribution >= 0.6 is 0 Å². The van der Waals surface area contributed by atoms with Gasteiger partial charge >= 0.3 is 0 Å². The standard InChI is InChI=1S/C31H28N4/c1-19-15-20(2)17-23(16-19)22-11-12-25-26(18-22)35-28-27(32-13-14-33-28)34(24-9-7-6-8-10-24)29(35)31(5)21(3)30(25,31)4/h6-18,29H,3H2,1-2,4-5H3. The summed E-state index contributed by atoms with van der Waals surface area (Å²) in [5.41, 5.74) is 9.68. The highest BCUT2D eigenvalue weighted by Crippen LogP contribution is 2.77. The molecule has 0 N–H and O–H groups in total. The molecule has 4 aromatic rings. The van der Waals surface area contributed by atoms with Crippen LogP contribution in [-0.4, -0.2) is 16.1 Å². The molecule has 0 saturated heterocycles. The number of benzene rings is 3. The molecule has 0 amide bonds. The molecule has 3 aliphatic rings. The van der Waals surface area contributed by atoms with Crippen molar-refractivity contribution in [2.45, 2.75) is 39.3 Å². The summed E-state index contributed by atoms with van der Waals surface area (Å²) in [4.78, 5) is 14.5. The van der Waals surface area contributed by atoms with Crippen molar-refractivity contribution >= 4 is 23.0 Å². The van der Waals surface area contributed by atoms with Gasteiger partial charge in [-0.15, -0.1) is 0 Å². The minimum Gasteiger partial charge on any atom is -0.301 e. The summed E-state index contributed by atoms with van der Waals surface area (Å²) in [5.74, 6) is 1.81. The normalized spacial score (nSPS) is 25.6. The summed E-state index contributed by atoms with van der Waals surface area (Å²) in [5, 5.41) is 0. The number of fused-ring (bicyclic) bond motifs is 8. The first-order chi connectivity index (χ1) is 16.9.